The van der Waals surface area contributed by atoms with E-state index in [1.165, 1.54) is 6.07 Å². The van der Waals surface area contributed by atoms with Gasteiger partial charge < -0.3 is 0 Å². The molecule has 1 amide bonds. The molecule has 1 heterocycles. The van der Waals surface area contributed by atoms with Gasteiger partial charge in [-0.3, -0.25) is 4.79 Å². The van der Waals surface area contributed by atoms with Crippen molar-refractivity contribution < 1.29 is 13.6 Å². The van der Waals surface area contributed by atoms with Crippen LogP contribution >= 0.6 is 0 Å². The van der Waals surface area contributed by atoms with Gasteiger partial charge in [0.15, 0.2) is 0 Å². The van der Waals surface area contributed by atoms with Crippen molar-refractivity contribution >= 4 is 11.6 Å². The van der Waals surface area contributed by atoms with E-state index in [1.54, 1.807) is 0 Å². The highest BCUT2D eigenvalue weighted by Crippen LogP contribution is 2.23. The fraction of sp³-hybridized carbons (Fsp3) is 0.200. The van der Waals surface area contributed by atoms with Crippen LogP contribution < -0.4 is 10.4 Å². The molecule has 4 nitrogen and oxygen atoms in total. The number of hydrogen-bond acceptors (Lipinski definition) is 3. The number of benzene rings is 1. The van der Waals surface area contributed by atoms with Gasteiger partial charge >= 0.3 is 0 Å². The Morgan fingerprint density at radius 3 is 2.69 bits per heavy atom. The van der Waals surface area contributed by atoms with E-state index in [2.05, 4.69) is 5.43 Å². The molecule has 1 N–H and O–H groups in total. The summed E-state index contributed by atoms with van der Waals surface area (Å²) in [7, 11) is 0. The van der Waals surface area contributed by atoms with Crippen LogP contribution in [0.5, 0.6) is 0 Å². The van der Waals surface area contributed by atoms with Crippen LogP contribution in [-0.2, 0) is 4.79 Å². The lowest BCUT2D eigenvalue weighted by molar-refractivity contribution is -0.117. The van der Waals surface area contributed by atoms with Gasteiger partial charge in [-0.25, -0.2) is 19.2 Å². The van der Waals surface area contributed by atoms with Crippen molar-refractivity contribution in [3.8, 4) is 6.07 Å². The maximum Gasteiger partial charge on any atom is 0.242 e. The molecule has 0 radical (unpaired) electrons. The number of carbonyl (C=O) groups excluding carboxylic acids is 1. The van der Waals surface area contributed by atoms with E-state index in [4.69, 9.17) is 5.26 Å². The Morgan fingerprint density at radius 1 is 1.38 bits per heavy atom. The van der Waals surface area contributed by atoms with Crippen LogP contribution in [0.3, 0.4) is 0 Å². The molecular weight excluding hydrogens is 216 g/mol. The molecule has 0 bridgehead atoms. The number of hydrazine groups is 1. The molecule has 1 aliphatic rings. The summed E-state index contributed by atoms with van der Waals surface area (Å²) < 4.78 is 26.7. The van der Waals surface area contributed by atoms with Crippen molar-refractivity contribution in [2.24, 2.45) is 0 Å². The summed E-state index contributed by atoms with van der Waals surface area (Å²) >= 11 is 0. The number of rotatable bonds is 1. The molecule has 1 fully saturated rings. The summed E-state index contributed by atoms with van der Waals surface area (Å²) in [6.45, 7) is 0.389. The highest BCUT2D eigenvalue weighted by molar-refractivity contribution is 5.94. The van der Waals surface area contributed by atoms with Crippen LogP contribution in [-0.4, -0.2) is 12.5 Å². The van der Waals surface area contributed by atoms with Gasteiger partial charge in [0.2, 0.25) is 5.91 Å². The molecular formula is C10H7F2N3O. The third-order valence-corrected chi connectivity index (χ3v) is 2.26. The summed E-state index contributed by atoms with van der Waals surface area (Å²) in [5, 5.41) is 9.46. The minimum Gasteiger partial charge on any atom is -0.273 e. The molecule has 0 spiro atoms. The Labute approximate surface area is 90.1 Å². The lowest BCUT2D eigenvalue weighted by atomic mass is 10.2. The quantitative estimate of drug-likeness (QED) is 0.775. The third-order valence-electron chi connectivity index (χ3n) is 2.26. The molecule has 1 aromatic rings. The number of amides is 1. The monoisotopic (exact) mass is 223 g/mol. The van der Waals surface area contributed by atoms with Gasteiger partial charge in [-0.15, -0.1) is 0 Å². The van der Waals surface area contributed by atoms with Crippen molar-refractivity contribution in [1.29, 1.82) is 5.26 Å². The van der Waals surface area contributed by atoms with Gasteiger partial charge in [-0.2, -0.15) is 5.26 Å². The standard InChI is InChI=1S/C10H7F2N3O/c11-7-4-9(8(12)3-6(7)5-13)15-10(16)1-2-14-15/h3-4,14H,1-2H2. The second kappa shape index (κ2) is 3.87. The first-order valence-corrected chi connectivity index (χ1v) is 4.59. The Kier molecular flexibility index (Phi) is 2.54. The Hall–Kier alpha value is -2.00. The summed E-state index contributed by atoms with van der Waals surface area (Å²) in [6.07, 6.45) is 0.237. The highest BCUT2D eigenvalue weighted by Gasteiger charge is 2.25. The Bertz CT molecular complexity index is 496. The fourth-order valence-electron chi connectivity index (χ4n) is 1.49. The molecule has 82 valence electrons. The van der Waals surface area contributed by atoms with E-state index in [9.17, 15) is 13.6 Å². The number of hydrogen-bond donors (Lipinski definition) is 1. The molecule has 1 aliphatic heterocycles. The van der Waals surface area contributed by atoms with Crippen molar-refractivity contribution in [1.82, 2.24) is 5.43 Å². The minimum atomic E-state index is -0.847. The Balaban J connectivity index is 2.46. The lowest BCUT2D eigenvalue weighted by Gasteiger charge is -2.16. The topological polar surface area (TPSA) is 56.1 Å². The summed E-state index contributed by atoms with van der Waals surface area (Å²) in [4.78, 5) is 11.3. The highest BCUT2D eigenvalue weighted by atomic mass is 19.1. The zero-order chi connectivity index (χ0) is 11.7. The molecule has 0 unspecified atom stereocenters. The molecule has 0 aromatic heterocycles. The molecule has 16 heavy (non-hydrogen) atoms. The summed E-state index contributed by atoms with van der Waals surface area (Å²) in [6, 6.07) is 3.14. The van der Waals surface area contributed by atoms with Crippen LogP contribution in [0.4, 0.5) is 14.5 Å². The second-order valence-electron chi connectivity index (χ2n) is 3.28. The first-order chi connectivity index (χ1) is 7.63. The maximum absolute atomic E-state index is 13.5. The van der Waals surface area contributed by atoms with Gasteiger partial charge in [0.25, 0.3) is 0 Å². The first-order valence-electron chi connectivity index (χ1n) is 4.59. The van der Waals surface area contributed by atoms with Crippen LogP contribution in [0.15, 0.2) is 12.1 Å². The van der Waals surface area contributed by atoms with Gasteiger partial charge in [0, 0.05) is 19.0 Å². The zero-order valence-corrected chi connectivity index (χ0v) is 8.13. The van der Waals surface area contributed by atoms with Crippen molar-refractivity contribution in [2.45, 2.75) is 6.42 Å². The smallest absolute Gasteiger partial charge is 0.242 e. The zero-order valence-electron chi connectivity index (χ0n) is 8.13. The van der Waals surface area contributed by atoms with E-state index in [-0.39, 0.29) is 23.6 Å². The van der Waals surface area contributed by atoms with Crippen LogP contribution in [0.25, 0.3) is 0 Å². The molecule has 0 saturated carbocycles. The third kappa shape index (κ3) is 1.61. The second-order valence-corrected chi connectivity index (χ2v) is 3.28. The van der Waals surface area contributed by atoms with E-state index in [0.29, 0.717) is 6.54 Å². The number of nitriles is 1. The number of halogens is 2. The van der Waals surface area contributed by atoms with E-state index in [0.717, 1.165) is 17.1 Å². The van der Waals surface area contributed by atoms with E-state index >= 15 is 0 Å². The van der Waals surface area contributed by atoms with Crippen LogP contribution in [0, 0.1) is 23.0 Å². The summed E-state index contributed by atoms with van der Waals surface area (Å²) in [5.41, 5.74) is 2.05. The van der Waals surface area contributed by atoms with Crippen molar-refractivity contribution in [3.05, 3.63) is 29.3 Å². The largest absolute Gasteiger partial charge is 0.273 e. The molecule has 0 atom stereocenters. The SMILES string of the molecule is N#Cc1cc(F)c(N2NCCC2=O)cc1F. The van der Waals surface area contributed by atoms with Crippen molar-refractivity contribution in [2.75, 3.05) is 11.6 Å². The molecule has 2 rings (SSSR count). The molecule has 1 aromatic carbocycles. The average Bonchev–Trinajstić information content (AvgIpc) is 2.67. The normalized spacial score (nSPS) is 15.3. The molecule has 6 heteroatoms. The average molecular weight is 223 g/mol. The number of carbonyl (C=O) groups is 1. The predicted octanol–water partition coefficient (Wildman–Crippen LogP) is 1.08. The Morgan fingerprint density at radius 2 is 2.12 bits per heavy atom. The van der Waals surface area contributed by atoms with Crippen molar-refractivity contribution in [3.63, 3.8) is 0 Å². The van der Waals surface area contributed by atoms with Gasteiger partial charge in [-0.05, 0) is 6.07 Å². The van der Waals surface area contributed by atoms with Crippen LogP contribution in [0.1, 0.15) is 12.0 Å². The number of nitrogens with zero attached hydrogens (tertiary/aromatic N) is 2. The van der Waals surface area contributed by atoms with Crippen LogP contribution in [0.2, 0.25) is 0 Å². The van der Waals surface area contributed by atoms with Gasteiger partial charge in [0.1, 0.15) is 17.7 Å². The maximum atomic E-state index is 13.5. The van der Waals surface area contributed by atoms with E-state index < -0.39 is 11.6 Å². The number of nitrogens with one attached hydrogen (secondary N) is 1. The lowest BCUT2D eigenvalue weighted by Crippen LogP contribution is -2.34. The summed E-state index contributed by atoms with van der Waals surface area (Å²) in [5.74, 6) is -1.98. The number of anilines is 1. The van der Waals surface area contributed by atoms with Gasteiger partial charge in [0.05, 0.1) is 11.3 Å². The fourth-order valence-corrected chi connectivity index (χ4v) is 1.49. The molecule has 1 saturated heterocycles. The predicted molar refractivity (Wildman–Crippen MR) is 51.2 cm³/mol. The minimum absolute atomic E-state index is 0.195. The van der Waals surface area contributed by atoms with Gasteiger partial charge in [-0.1, -0.05) is 0 Å². The molecule has 0 aliphatic carbocycles. The first kappa shape index (κ1) is 10.5. The van der Waals surface area contributed by atoms with E-state index in [1.807, 2.05) is 0 Å².